The van der Waals surface area contributed by atoms with Crippen molar-refractivity contribution in [1.82, 2.24) is 0 Å². The molecule has 0 bridgehead atoms. The van der Waals surface area contributed by atoms with Crippen LogP contribution in [0.4, 0.5) is 5.69 Å². The molecular formula is C12H17NO3S. The van der Waals surface area contributed by atoms with Gasteiger partial charge >= 0.3 is 0 Å². The van der Waals surface area contributed by atoms with Crippen LogP contribution in [0.1, 0.15) is 18.4 Å². The lowest BCUT2D eigenvalue weighted by Crippen LogP contribution is -2.32. The highest BCUT2D eigenvalue weighted by Crippen LogP contribution is 2.18. The quantitative estimate of drug-likeness (QED) is 0.851. The average Bonchev–Trinajstić information content (AvgIpc) is 2.33. The highest BCUT2D eigenvalue weighted by atomic mass is 32.2. The molecule has 1 aromatic carbocycles. The number of nitrogens with one attached hydrogen (secondary N) is 1. The van der Waals surface area contributed by atoms with Crippen LogP contribution in [0.5, 0.6) is 0 Å². The van der Waals surface area contributed by atoms with Crippen LogP contribution in [0, 0.1) is 0 Å². The molecule has 1 aliphatic heterocycles. The Hall–Kier alpha value is -1.07. The lowest BCUT2D eigenvalue weighted by atomic mass is 10.1. The Kier molecular flexibility index (Phi) is 3.69. The maximum atomic E-state index is 11.3. The maximum absolute atomic E-state index is 11.3. The van der Waals surface area contributed by atoms with E-state index in [1.165, 1.54) is 0 Å². The summed E-state index contributed by atoms with van der Waals surface area (Å²) in [6, 6.07) is 7.78. The number of hydrogen-bond acceptors (Lipinski definition) is 4. The second kappa shape index (κ2) is 5.06. The van der Waals surface area contributed by atoms with Gasteiger partial charge in [0.2, 0.25) is 0 Å². The largest absolute Gasteiger partial charge is 0.392 e. The molecule has 94 valence electrons. The van der Waals surface area contributed by atoms with E-state index in [4.69, 9.17) is 5.11 Å². The monoisotopic (exact) mass is 255 g/mol. The third-order valence-corrected chi connectivity index (χ3v) is 4.78. The van der Waals surface area contributed by atoms with Crippen LogP contribution in [0.2, 0.25) is 0 Å². The van der Waals surface area contributed by atoms with Crippen molar-refractivity contribution in [2.45, 2.75) is 25.5 Å². The molecule has 2 rings (SSSR count). The first-order valence-corrected chi connectivity index (χ1v) is 7.58. The smallest absolute Gasteiger partial charge is 0.150 e. The van der Waals surface area contributed by atoms with E-state index in [-0.39, 0.29) is 24.2 Å². The molecule has 0 aliphatic carbocycles. The van der Waals surface area contributed by atoms with Crippen LogP contribution < -0.4 is 5.32 Å². The van der Waals surface area contributed by atoms with Crippen molar-refractivity contribution < 1.29 is 13.5 Å². The molecular weight excluding hydrogens is 238 g/mol. The number of aliphatic hydroxyl groups excluding tert-OH is 1. The first-order chi connectivity index (χ1) is 8.09. The Labute approximate surface area is 102 Å². The molecule has 1 aliphatic rings. The van der Waals surface area contributed by atoms with E-state index >= 15 is 0 Å². The molecule has 4 nitrogen and oxygen atoms in total. The number of hydrogen-bond donors (Lipinski definition) is 2. The van der Waals surface area contributed by atoms with Gasteiger partial charge in [0, 0.05) is 11.7 Å². The van der Waals surface area contributed by atoms with Gasteiger partial charge in [0.05, 0.1) is 18.1 Å². The molecule has 0 aromatic heterocycles. The number of anilines is 1. The molecule has 2 N–H and O–H groups in total. The van der Waals surface area contributed by atoms with E-state index in [1.807, 2.05) is 24.3 Å². The van der Waals surface area contributed by atoms with Crippen LogP contribution in [-0.2, 0) is 16.4 Å². The fourth-order valence-electron chi connectivity index (χ4n) is 1.98. The zero-order chi connectivity index (χ0) is 12.3. The summed E-state index contributed by atoms with van der Waals surface area (Å²) in [5.41, 5.74) is 1.85. The van der Waals surface area contributed by atoms with E-state index in [2.05, 4.69) is 5.32 Å². The molecule has 1 heterocycles. The topological polar surface area (TPSA) is 66.4 Å². The van der Waals surface area contributed by atoms with E-state index in [1.54, 1.807) is 0 Å². The summed E-state index contributed by atoms with van der Waals surface area (Å²) in [6.07, 6.45) is 1.34. The minimum Gasteiger partial charge on any atom is -0.392 e. The van der Waals surface area contributed by atoms with Crippen LogP contribution in [-0.4, -0.2) is 31.1 Å². The van der Waals surface area contributed by atoms with Gasteiger partial charge in [-0.15, -0.1) is 0 Å². The number of sulfone groups is 1. The Morgan fingerprint density at radius 1 is 1.18 bits per heavy atom. The number of rotatable bonds is 3. The zero-order valence-corrected chi connectivity index (χ0v) is 10.4. The first kappa shape index (κ1) is 12.4. The third-order valence-electron chi connectivity index (χ3n) is 3.06. The second-order valence-electron chi connectivity index (χ2n) is 4.43. The minimum absolute atomic E-state index is 0.0436. The molecule has 1 fully saturated rings. The molecule has 0 radical (unpaired) electrons. The van der Waals surface area contributed by atoms with Gasteiger partial charge in [-0.05, 0) is 30.5 Å². The predicted molar refractivity (Wildman–Crippen MR) is 67.7 cm³/mol. The van der Waals surface area contributed by atoms with Gasteiger partial charge in [0.25, 0.3) is 0 Å². The summed E-state index contributed by atoms with van der Waals surface area (Å²) >= 11 is 0. The predicted octanol–water partition coefficient (Wildman–Crippen LogP) is 1.17. The molecule has 5 heteroatoms. The maximum Gasteiger partial charge on any atom is 0.150 e. The summed E-state index contributed by atoms with van der Waals surface area (Å²) in [6.45, 7) is 0.0436. The Morgan fingerprint density at radius 2 is 1.76 bits per heavy atom. The van der Waals surface area contributed by atoms with E-state index in [9.17, 15) is 8.42 Å². The minimum atomic E-state index is -2.79. The van der Waals surface area contributed by atoms with Crippen molar-refractivity contribution in [1.29, 1.82) is 0 Å². The molecule has 17 heavy (non-hydrogen) atoms. The fraction of sp³-hybridized carbons (Fsp3) is 0.500. The molecule has 0 unspecified atom stereocenters. The van der Waals surface area contributed by atoms with Crippen molar-refractivity contribution in [2.24, 2.45) is 0 Å². The van der Waals surface area contributed by atoms with Crippen molar-refractivity contribution >= 4 is 15.5 Å². The van der Waals surface area contributed by atoms with Gasteiger partial charge in [0.1, 0.15) is 9.84 Å². The lowest BCUT2D eigenvalue weighted by Gasteiger charge is -2.24. The van der Waals surface area contributed by atoms with Crippen molar-refractivity contribution in [3.05, 3.63) is 29.8 Å². The molecule has 1 aromatic rings. The Balaban J connectivity index is 1.93. The van der Waals surface area contributed by atoms with E-state index in [0.29, 0.717) is 12.8 Å². The summed E-state index contributed by atoms with van der Waals surface area (Å²) < 4.78 is 22.6. The average molecular weight is 255 g/mol. The first-order valence-electron chi connectivity index (χ1n) is 5.76. The molecule has 0 saturated carbocycles. The summed E-state index contributed by atoms with van der Waals surface area (Å²) in [7, 11) is -2.79. The highest BCUT2D eigenvalue weighted by molar-refractivity contribution is 7.91. The molecule has 0 spiro atoms. The Bertz CT molecular complexity index is 453. The van der Waals surface area contributed by atoms with Gasteiger partial charge in [-0.1, -0.05) is 12.1 Å². The van der Waals surface area contributed by atoms with Gasteiger partial charge in [-0.25, -0.2) is 8.42 Å². The molecule has 0 amide bonds. The van der Waals surface area contributed by atoms with Gasteiger partial charge in [-0.3, -0.25) is 0 Å². The zero-order valence-electron chi connectivity index (χ0n) is 9.59. The van der Waals surface area contributed by atoms with Gasteiger partial charge in [-0.2, -0.15) is 0 Å². The second-order valence-corrected chi connectivity index (χ2v) is 6.73. The van der Waals surface area contributed by atoms with E-state index in [0.717, 1.165) is 11.3 Å². The molecule has 0 atom stereocenters. The SMILES string of the molecule is O=S1(=O)CCC(Nc2ccc(CO)cc2)CC1. The highest BCUT2D eigenvalue weighted by Gasteiger charge is 2.23. The van der Waals surface area contributed by atoms with Crippen molar-refractivity contribution in [2.75, 3.05) is 16.8 Å². The van der Waals surface area contributed by atoms with Crippen LogP contribution in [0.15, 0.2) is 24.3 Å². The molecule has 1 saturated heterocycles. The fourth-order valence-corrected chi connectivity index (χ4v) is 3.47. The number of aliphatic hydroxyl groups is 1. The van der Waals surface area contributed by atoms with Gasteiger partial charge in [0.15, 0.2) is 0 Å². The summed E-state index contributed by atoms with van der Waals surface area (Å²) in [5, 5.41) is 12.2. The number of benzene rings is 1. The van der Waals surface area contributed by atoms with Gasteiger partial charge < -0.3 is 10.4 Å². The normalized spacial score (nSPS) is 20.1. The van der Waals surface area contributed by atoms with Crippen LogP contribution in [0.25, 0.3) is 0 Å². The Morgan fingerprint density at radius 3 is 2.29 bits per heavy atom. The van der Waals surface area contributed by atoms with Crippen LogP contribution >= 0.6 is 0 Å². The standard InChI is InChI=1S/C12H17NO3S/c14-9-10-1-3-11(4-2-10)13-12-5-7-17(15,16)8-6-12/h1-4,12-14H,5-9H2. The summed E-state index contributed by atoms with van der Waals surface area (Å²) in [4.78, 5) is 0. The van der Waals surface area contributed by atoms with Crippen molar-refractivity contribution in [3.63, 3.8) is 0 Å². The van der Waals surface area contributed by atoms with Crippen LogP contribution in [0.3, 0.4) is 0 Å². The summed E-state index contributed by atoms with van der Waals surface area (Å²) in [5.74, 6) is 0.554. The van der Waals surface area contributed by atoms with Crippen molar-refractivity contribution in [3.8, 4) is 0 Å². The lowest BCUT2D eigenvalue weighted by molar-refractivity contribution is 0.282. The third kappa shape index (κ3) is 3.44. The van der Waals surface area contributed by atoms with E-state index < -0.39 is 9.84 Å².